The number of aromatic nitrogens is 2. The van der Waals surface area contributed by atoms with Gasteiger partial charge in [0.25, 0.3) is 5.91 Å². The van der Waals surface area contributed by atoms with Crippen LogP contribution >= 0.6 is 0 Å². The quantitative estimate of drug-likeness (QED) is 0.220. The van der Waals surface area contributed by atoms with E-state index in [9.17, 15) is 4.79 Å². The van der Waals surface area contributed by atoms with Gasteiger partial charge in [-0.3, -0.25) is 4.79 Å². The Morgan fingerprint density at radius 2 is 1.81 bits per heavy atom. The number of unbranched alkanes of at least 4 members (excludes halogenated alkanes) is 2. The topological polar surface area (TPSA) is 65.4 Å². The average Bonchev–Trinajstić information content (AvgIpc) is 3.27. The van der Waals surface area contributed by atoms with E-state index in [4.69, 9.17) is 14.5 Å². The highest BCUT2D eigenvalue weighted by molar-refractivity contribution is 5.94. The van der Waals surface area contributed by atoms with Gasteiger partial charge in [-0.2, -0.15) is 0 Å². The molecular formula is C31H37N3O3. The second-order valence-corrected chi connectivity index (χ2v) is 9.44. The molecule has 37 heavy (non-hydrogen) atoms. The molecule has 3 aromatic carbocycles. The van der Waals surface area contributed by atoms with Crippen molar-refractivity contribution >= 4 is 16.9 Å². The Morgan fingerprint density at radius 1 is 0.946 bits per heavy atom. The van der Waals surface area contributed by atoms with E-state index in [1.54, 1.807) is 19.2 Å². The Hall–Kier alpha value is -3.80. The Labute approximate surface area is 219 Å². The minimum absolute atomic E-state index is 0.0660. The first-order chi connectivity index (χ1) is 18.0. The number of para-hydroxylation sites is 2. The van der Waals surface area contributed by atoms with Crippen molar-refractivity contribution in [1.29, 1.82) is 0 Å². The van der Waals surface area contributed by atoms with E-state index in [1.165, 1.54) is 16.6 Å². The summed E-state index contributed by atoms with van der Waals surface area (Å²) in [6, 6.07) is 21.9. The molecule has 0 aliphatic carbocycles. The molecule has 0 bridgehead atoms. The lowest BCUT2D eigenvalue weighted by molar-refractivity contribution is 0.0952. The number of hydrogen-bond donors (Lipinski definition) is 1. The molecule has 1 heterocycles. The molecule has 0 spiro atoms. The van der Waals surface area contributed by atoms with Gasteiger partial charge in [0, 0.05) is 25.1 Å². The predicted octanol–water partition coefficient (Wildman–Crippen LogP) is 6.27. The van der Waals surface area contributed by atoms with Crippen molar-refractivity contribution < 1.29 is 14.3 Å². The van der Waals surface area contributed by atoms with Crippen LogP contribution in [0.2, 0.25) is 0 Å². The molecule has 4 rings (SSSR count). The van der Waals surface area contributed by atoms with Crippen LogP contribution in [0.5, 0.6) is 11.5 Å². The summed E-state index contributed by atoms with van der Waals surface area (Å²) >= 11 is 0. The van der Waals surface area contributed by atoms with Gasteiger partial charge < -0.3 is 19.4 Å². The summed E-state index contributed by atoms with van der Waals surface area (Å²) in [5.41, 5.74) is 5.21. The van der Waals surface area contributed by atoms with Crippen LogP contribution in [0, 0.1) is 13.8 Å². The number of rotatable bonds is 13. The highest BCUT2D eigenvalue weighted by Gasteiger charge is 2.11. The Bertz CT molecular complexity index is 1330. The summed E-state index contributed by atoms with van der Waals surface area (Å²) in [7, 11) is 1.60. The molecule has 0 saturated heterocycles. The SMILES string of the molecule is COc1cccc(C(=O)NCCCCCc2nc3ccccc3n2CCCOc2cc(C)ccc2C)c1. The third-order valence-electron chi connectivity index (χ3n) is 6.56. The lowest BCUT2D eigenvalue weighted by atomic mass is 10.1. The molecule has 0 saturated carbocycles. The number of carbonyl (C=O) groups is 1. The normalized spacial score (nSPS) is 11.0. The summed E-state index contributed by atoms with van der Waals surface area (Å²) in [5.74, 6) is 2.71. The molecule has 0 atom stereocenters. The Balaban J connectivity index is 1.25. The number of benzene rings is 3. The maximum absolute atomic E-state index is 12.4. The van der Waals surface area contributed by atoms with Crippen molar-refractivity contribution in [2.75, 3.05) is 20.3 Å². The molecule has 1 amide bonds. The van der Waals surface area contributed by atoms with Gasteiger partial charge >= 0.3 is 0 Å². The third-order valence-corrected chi connectivity index (χ3v) is 6.56. The Kier molecular flexibility index (Phi) is 9.19. The van der Waals surface area contributed by atoms with Crippen molar-refractivity contribution in [3.63, 3.8) is 0 Å². The summed E-state index contributed by atoms with van der Waals surface area (Å²) in [6.07, 6.45) is 4.81. The lowest BCUT2D eigenvalue weighted by Gasteiger charge is -2.12. The van der Waals surface area contributed by atoms with Gasteiger partial charge in [-0.25, -0.2) is 4.98 Å². The molecule has 0 unspecified atom stereocenters. The van der Waals surface area contributed by atoms with Gasteiger partial charge in [0.05, 0.1) is 24.8 Å². The van der Waals surface area contributed by atoms with Gasteiger partial charge in [-0.05, 0) is 80.6 Å². The van der Waals surface area contributed by atoms with E-state index >= 15 is 0 Å². The number of fused-ring (bicyclic) bond motifs is 1. The zero-order valence-corrected chi connectivity index (χ0v) is 22.1. The third kappa shape index (κ3) is 7.13. The molecule has 1 N–H and O–H groups in total. The summed E-state index contributed by atoms with van der Waals surface area (Å²) in [4.78, 5) is 17.3. The smallest absolute Gasteiger partial charge is 0.251 e. The number of aryl methyl sites for hydroxylation is 4. The highest BCUT2D eigenvalue weighted by atomic mass is 16.5. The molecule has 6 heteroatoms. The van der Waals surface area contributed by atoms with Crippen LogP contribution in [-0.4, -0.2) is 35.7 Å². The van der Waals surface area contributed by atoms with E-state index in [1.807, 2.05) is 18.2 Å². The van der Waals surface area contributed by atoms with Crippen LogP contribution in [-0.2, 0) is 13.0 Å². The summed E-state index contributed by atoms with van der Waals surface area (Å²) in [6.45, 7) is 6.37. The second kappa shape index (κ2) is 12.9. The fourth-order valence-corrected chi connectivity index (χ4v) is 4.49. The van der Waals surface area contributed by atoms with Crippen LogP contribution in [0.4, 0.5) is 0 Å². The van der Waals surface area contributed by atoms with E-state index in [-0.39, 0.29) is 5.91 Å². The zero-order chi connectivity index (χ0) is 26.0. The van der Waals surface area contributed by atoms with Crippen LogP contribution < -0.4 is 14.8 Å². The molecule has 0 aliphatic heterocycles. The first-order valence-corrected chi connectivity index (χ1v) is 13.1. The first-order valence-electron chi connectivity index (χ1n) is 13.1. The van der Waals surface area contributed by atoms with Crippen molar-refractivity contribution in [3.8, 4) is 11.5 Å². The fraction of sp³-hybridized carbons (Fsp3) is 0.355. The van der Waals surface area contributed by atoms with E-state index in [0.717, 1.165) is 55.7 Å². The number of methoxy groups -OCH3 is 1. The average molecular weight is 500 g/mol. The van der Waals surface area contributed by atoms with Crippen LogP contribution in [0.1, 0.15) is 53.0 Å². The van der Waals surface area contributed by atoms with E-state index in [2.05, 4.69) is 60.1 Å². The molecule has 0 fully saturated rings. The van der Waals surface area contributed by atoms with Gasteiger partial charge in [0.1, 0.15) is 17.3 Å². The number of ether oxygens (including phenoxy) is 2. The van der Waals surface area contributed by atoms with Crippen molar-refractivity contribution in [2.45, 2.75) is 52.5 Å². The van der Waals surface area contributed by atoms with E-state index < -0.39 is 0 Å². The number of hydrogen-bond acceptors (Lipinski definition) is 4. The van der Waals surface area contributed by atoms with E-state index in [0.29, 0.717) is 24.5 Å². The minimum Gasteiger partial charge on any atom is -0.497 e. The van der Waals surface area contributed by atoms with Crippen molar-refractivity contribution in [3.05, 3.63) is 89.2 Å². The molecular weight excluding hydrogens is 462 g/mol. The number of imidazole rings is 1. The van der Waals surface area contributed by atoms with Crippen LogP contribution in [0.3, 0.4) is 0 Å². The molecule has 4 aromatic rings. The lowest BCUT2D eigenvalue weighted by Crippen LogP contribution is -2.24. The Morgan fingerprint density at radius 3 is 2.68 bits per heavy atom. The highest BCUT2D eigenvalue weighted by Crippen LogP contribution is 2.21. The first kappa shape index (κ1) is 26.3. The van der Waals surface area contributed by atoms with Crippen molar-refractivity contribution in [2.24, 2.45) is 0 Å². The van der Waals surface area contributed by atoms with Gasteiger partial charge in [0.15, 0.2) is 0 Å². The monoisotopic (exact) mass is 499 g/mol. The number of amides is 1. The number of carbonyl (C=O) groups excluding carboxylic acids is 1. The molecule has 1 aromatic heterocycles. The maximum Gasteiger partial charge on any atom is 0.251 e. The largest absolute Gasteiger partial charge is 0.497 e. The fourth-order valence-electron chi connectivity index (χ4n) is 4.49. The van der Waals surface area contributed by atoms with Crippen LogP contribution in [0.25, 0.3) is 11.0 Å². The molecule has 6 nitrogen and oxygen atoms in total. The molecule has 194 valence electrons. The predicted molar refractivity (Wildman–Crippen MR) is 149 cm³/mol. The minimum atomic E-state index is -0.0660. The standard InChI is InChI=1S/C31H37N3O3/c1-23-16-17-24(2)29(21-23)37-20-10-19-34-28-14-7-6-13-27(28)33-30(34)15-5-4-8-18-32-31(35)25-11-9-12-26(22-25)36-3/h6-7,9,11-14,16-17,21-22H,4-5,8,10,15,18-20H2,1-3H3,(H,32,35). The van der Waals surface area contributed by atoms with Crippen molar-refractivity contribution in [1.82, 2.24) is 14.9 Å². The second-order valence-electron chi connectivity index (χ2n) is 9.44. The maximum atomic E-state index is 12.4. The number of nitrogens with one attached hydrogen (secondary N) is 1. The summed E-state index contributed by atoms with van der Waals surface area (Å²) in [5, 5.41) is 3.01. The number of nitrogens with zero attached hydrogens (tertiary/aromatic N) is 2. The summed E-state index contributed by atoms with van der Waals surface area (Å²) < 4.78 is 13.6. The van der Waals surface area contributed by atoms with Gasteiger partial charge in [-0.1, -0.05) is 36.8 Å². The van der Waals surface area contributed by atoms with Crippen LogP contribution in [0.15, 0.2) is 66.7 Å². The zero-order valence-electron chi connectivity index (χ0n) is 22.1. The molecule has 0 aliphatic rings. The van der Waals surface area contributed by atoms with Gasteiger partial charge in [-0.15, -0.1) is 0 Å². The van der Waals surface area contributed by atoms with Gasteiger partial charge in [0.2, 0.25) is 0 Å². The molecule has 0 radical (unpaired) electrons.